The molecule has 1 aliphatic heterocycles. The van der Waals surface area contributed by atoms with Crippen LogP contribution < -0.4 is 4.72 Å². The highest BCUT2D eigenvalue weighted by atomic mass is 32.2. The molecule has 7 heteroatoms. The van der Waals surface area contributed by atoms with Gasteiger partial charge >= 0.3 is 0 Å². The van der Waals surface area contributed by atoms with Crippen LogP contribution in [0.4, 0.5) is 0 Å². The lowest BCUT2D eigenvalue weighted by atomic mass is 10.2. The molecule has 2 heterocycles. The number of fused-ring (bicyclic) bond motifs is 1. The Hall–Kier alpha value is -1.02. The summed E-state index contributed by atoms with van der Waals surface area (Å²) in [6.45, 7) is 3.45. The Morgan fingerprint density at radius 3 is 2.82 bits per heavy atom. The van der Waals surface area contributed by atoms with Crippen molar-refractivity contribution in [3.63, 3.8) is 0 Å². The third kappa shape index (κ3) is 3.48. The Morgan fingerprint density at radius 1 is 1.36 bits per heavy atom. The zero-order valence-corrected chi connectivity index (χ0v) is 14.1. The van der Waals surface area contributed by atoms with Gasteiger partial charge in [-0.15, -0.1) is 11.3 Å². The number of nitrogens with zero attached hydrogens (tertiary/aromatic N) is 1. The summed E-state index contributed by atoms with van der Waals surface area (Å²) in [7, 11) is -3.27. The van der Waals surface area contributed by atoms with Gasteiger partial charge in [0.25, 0.3) is 0 Å². The second-order valence-electron chi connectivity index (χ2n) is 5.63. The van der Waals surface area contributed by atoms with E-state index in [1.807, 2.05) is 31.2 Å². The molecular weight excluding hydrogens is 320 g/mol. The fourth-order valence-corrected chi connectivity index (χ4v) is 5.08. The van der Waals surface area contributed by atoms with Crippen molar-refractivity contribution in [2.45, 2.75) is 30.9 Å². The number of para-hydroxylation sites is 1. The first kappa shape index (κ1) is 15.9. The highest BCUT2D eigenvalue weighted by Gasteiger charge is 2.28. The molecule has 1 aliphatic rings. The van der Waals surface area contributed by atoms with E-state index in [-0.39, 0.29) is 11.2 Å². The molecule has 3 rings (SSSR count). The molecule has 0 spiro atoms. The molecule has 1 atom stereocenters. The second-order valence-corrected chi connectivity index (χ2v) is 8.73. The van der Waals surface area contributed by atoms with E-state index in [1.54, 1.807) is 11.3 Å². The van der Waals surface area contributed by atoms with Gasteiger partial charge in [-0.05, 0) is 25.0 Å². The molecule has 22 heavy (non-hydrogen) atoms. The largest absolute Gasteiger partial charge is 0.381 e. The maximum atomic E-state index is 12.3. The molecule has 1 unspecified atom stereocenters. The van der Waals surface area contributed by atoms with Crippen molar-refractivity contribution in [1.29, 1.82) is 0 Å². The molecule has 0 radical (unpaired) electrons. The number of hydrogen-bond donors (Lipinski definition) is 1. The molecule has 1 aromatic carbocycles. The van der Waals surface area contributed by atoms with E-state index in [4.69, 9.17) is 4.74 Å². The van der Waals surface area contributed by atoms with Crippen molar-refractivity contribution in [3.05, 3.63) is 29.3 Å². The van der Waals surface area contributed by atoms with Crippen LogP contribution in [0, 0.1) is 0 Å². The van der Waals surface area contributed by atoms with Gasteiger partial charge in [0.05, 0.1) is 20.5 Å². The first-order chi connectivity index (χ1) is 10.6. The fourth-order valence-electron chi connectivity index (χ4n) is 2.53. The number of ether oxygens (including phenoxy) is 1. The van der Waals surface area contributed by atoms with Crippen LogP contribution in [-0.2, 0) is 14.8 Å². The predicted molar refractivity (Wildman–Crippen MR) is 88.8 cm³/mol. The van der Waals surface area contributed by atoms with Crippen LogP contribution in [0.1, 0.15) is 30.7 Å². The van der Waals surface area contributed by atoms with Gasteiger partial charge in [0.1, 0.15) is 0 Å². The van der Waals surface area contributed by atoms with E-state index in [0.29, 0.717) is 32.6 Å². The van der Waals surface area contributed by atoms with Crippen LogP contribution in [0.3, 0.4) is 0 Å². The van der Waals surface area contributed by atoms with Crippen LogP contribution in [0.2, 0.25) is 0 Å². The van der Waals surface area contributed by atoms with Gasteiger partial charge in [0.15, 0.2) is 0 Å². The molecule has 0 bridgehead atoms. The van der Waals surface area contributed by atoms with E-state index in [2.05, 4.69) is 9.71 Å². The van der Waals surface area contributed by atoms with Crippen molar-refractivity contribution in [1.82, 2.24) is 9.71 Å². The Morgan fingerprint density at radius 2 is 2.09 bits per heavy atom. The van der Waals surface area contributed by atoms with E-state index in [1.165, 1.54) is 0 Å². The minimum absolute atomic E-state index is 0.0621. The van der Waals surface area contributed by atoms with Crippen LogP contribution in [0.25, 0.3) is 10.2 Å². The average Bonchev–Trinajstić information content (AvgIpc) is 2.98. The molecule has 1 saturated heterocycles. The second kappa shape index (κ2) is 6.62. The Balaban J connectivity index is 1.65. The van der Waals surface area contributed by atoms with Crippen molar-refractivity contribution < 1.29 is 13.2 Å². The van der Waals surface area contributed by atoms with Crippen LogP contribution in [-0.4, -0.2) is 38.4 Å². The molecule has 0 aliphatic carbocycles. The number of benzene rings is 1. The molecule has 1 aromatic heterocycles. The van der Waals surface area contributed by atoms with Gasteiger partial charge < -0.3 is 4.74 Å². The van der Waals surface area contributed by atoms with Crippen molar-refractivity contribution in [2.24, 2.45) is 0 Å². The maximum Gasteiger partial charge on any atom is 0.214 e. The number of thiazole rings is 1. The number of rotatable bonds is 5. The lowest BCUT2D eigenvalue weighted by Crippen LogP contribution is -2.39. The minimum atomic E-state index is -3.27. The maximum absolute atomic E-state index is 12.3. The summed E-state index contributed by atoms with van der Waals surface area (Å²) in [5.74, 6) is 0.0621. The van der Waals surface area contributed by atoms with E-state index in [0.717, 1.165) is 15.2 Å². The van der Waals surface area contributed by atoms with Crippen molar-refractivity contribution >= 4 is 31.6 Å². The summed E-state index contributed by atoms with van der Waals surface area (Å²) in [5, 5.41) is 0.639. The van der Waals surface area contributed by atoms with Gasteiger partial charge in [0, 0.05) is 25.7 Å². The Labute approximate surface area is 134 Å². The Kier molecular flexibility index (Phi) is 4.77. The van der Waals surface area contributed by atoms with Crippen LogP contribution in [0.15, 0.2) is 24.3 Å². The molecule has 5 nitrogen and oxygen atoms in total. The SMILES string of the molecule is CC(CNS(=O)(=O)C1CCOCC1)c1nc2ccccc2s1. The normalized spacial score (nSPS) is 18.6. The van der Waals surface area contributed by atoms with Gasteiger partial charge in [-0.25, -0.2) is 18.1 Å². The van der Waals surface area contributed by atoms with E-state index < -0.39 is 10.0 Å². The topological polar surface area (TPSA) is 68.3 Å². The molecule has 2 aromatic rings. The van der Waals surface area contributed by atoms with Gasteiger partial charge in [-0.3, -0.25) is 0 Å². The van der Waals surface area contributed by atoms with Gasteiger partial charge in [0.2, 0.25) is 10.0 Å². The van der Waals surface area contributed by atoms with Gasteiger partial charge in [-0.1, -0.05) is 19.1 Å². The standard InChI is InChI=1S/C15H20N2O3S2/c1-11(15-17-13-4-2-3-5-14(13)21-15)10-16-22(18,19)12-6-8-20-9-7-12/h2-5,11-12,16H,6-10H2,1H3. The quantitative estimate of drug-likeness (QED) is 0.908. The van der Waals surface area contributed by atoms with Gasteiger partial charge in [-0.2, -0.15) is 0 Å². The number of nitrogens with one attached hydrogen (secondary N) is 1. The first-order valence-corrected chi connectivity index (χ1v) is 9.84. The minimum Gasteiger partial charge on any atom is -0.381 e. The number of aromatic nitrogens is 1. The molecule has 0 saturated carbocycles. The molecule has 1 N–H and O–H groups in total. The summed E-state index contributed by atoms with van der Waals surface area (Å²) in [6, 6.07) is 7.97. The van der Waals surface area contributed by atoms with Crippen LogP contribution in [0.5, 0.6) is 0 Å². The highest BCUT2D eigenvalue weighted by Crippen LogP contribution is 2.27. The monoisotopic (exact) mass is 340 g/mol. The summed E-state index contributed by atoms with van der Waals surface area (Å²) >= 11 is 1.63. The smallest absolute Gasteiger partial charge is 0.214 e. The third-order valence-corrected chi connectivity index (χ3v) is 7.12. The van der Waals surface area contributed by atoms with Crippen molar-refractivity contribution in [3.8, 4) is 0 Å². The molecular formula is C15H20N2O3S2. The average molecular weight is 340 g/mol. The fraction of sp³-hybridized carbons (Fsp3) is 0.533. The summed E-state index contributed by atoms with van der Waals surface area (Å²) < 4.78 is 33.7. The summed E-state index contributed by atoms with van der Waals surface area (Å²) in [5.41, 5.74) is 0.974. The highest BCUT2D eigenvalue weighted by molar-refractivity contribution is 7.90. The lowest BCUT2D eigenvalue weighted by Gasteiger charge is -2.23. The molecule has 0 amide bonds. The number of hydrogen-bond acceptors (Lipinski definition) is 5. The predicted octanol–water partition coefficient (Wildman–Crippen LogP) is 2.50. The lowest BCUT2D eigenvalue weighted by molar-refractivity contribution is 0.0981. The molecule has 1 fully saturated rings. The first-order valence-electron chi connectivity index (χ1n) is 7.48. The van der Waals surface area contributed by atoms with Crippen LogP contribution >= 0.6 is 11.3 Å². The zero-order valence-electron chi connectivity index (χ0n) is 12.5. The zero-order chi connectivity index (χ0) is 15.6. The summed E-state index contributed by atoms with van der Waals surface area (Å²) in [6.07, 6.45) is 1.15. The van der Waals surface area contributed by atoms with E-state index in [9.17, 15) is 8.42 Å². The summed E-state index contributed by atoms with van der Waals surface area (Å²) in [4.78, 5) is 4.59. The van der Waals surface area contributed by atoms with Crippen molar-refractivity contribution in [2.75, 3.05) is 19.8 Å². The third-order valence-electron chi connectivity index (χ3n) is 3.93. The van der Waals surface area contributed by atoms with E-state index >= 15 is 0 Å². The Bertz CT molecular complexity index is 703. The molecule has 120 valence electrons. The number of sulfonamides is 1.